The summed E-state index contributed by atoms with van der Waals surface area (Å²) in [4.78, 5) is 25.4. The normalized spacial score (nSPS) is 11.1. The predicted molar refractivity (Wildman–Crippen MR) is 140 cm³/mol. The number of hydrogen-bond donors (Lipinski definition) is 2. The number of anilines is 1. The summed E-state index contributed by atoms with van der Waals surface area (Å²) in [5.74, 6) is -0.106. The van der Waals surface area contributed by atoms with E-state index in [2.05, 4.69) is 22.8 Å². The molecule has 2 heterocycles. The average Bonchev–Trinajstić information content (AvgIpc) is 3.34. The van der Waals surface area contributed by atoms with Crippen molar-refractivity contribution in [2.75, 3.05) is 5.32 Å². The lowest BCUT2D eigenvalue weighted by atomic mass is 10.1. The molecule has 0 spiro atoms. The van der Waals surface area contributed by atoms with Crippen LogP contribution in [0.25, 0.3) is 21.8 Å². The summed E-state index contributed by atoms with van der Waals surface area (Å²) in [6, 6.07) is 23.8. The highest BCUT2D eigenvalue weighted by Crippen LogP contribution is 2.22. The number of benzene rings is 3. The van der Waals surface area contributed by atoms with Crippen LogP contribution in [0.2, 0.25) is 0 Å². The van der Waals surface area contributed by atoms with Crippen molar-refractivity contribution in [2.24, 2.45) is 14.1 Å². The van der Waals surface area contributed by atoms with Gasteiger partial charge in [-0.3, -0.25) is 9.59 Å². The summed E-state index contributed by atoms with van der Waals surface area (Å²) < 4.78 is 4.09. The summed E-state index contributed by atoms with van der Waals surface area (Å²) >= 11 is 0. The van der Waals surface area contributed by atoms with Gasteiger partial charge in [0, 0.05) is 60.5 Å². The summed E-state index contributed by atoms with van der Waals surface area (Å²) in [6.07, 6.45) is 4.64. The molecule has 2 aromatic heterocycles. The molecule has 3 aromatic carbocycles. The lowest BCUT2D eigenvalue weighted by Gasteiger charge is -2.09. The molecule has 2 amide bonds. The Morgan fingerprint density at radius 1 is 0.714 bits per heavy atom. The molecule has 6 heteroatoms. The first-order valence-electron chi connectivity index (χ1n) is 11.7. The standard InChI is InChI=1S/C29H28N4O2/c1-32-18-21(24-10-3-5-12-26(24)32)15-28(34)30-17-20-8-7-9-23(14-20)31-29(35)16-22-19-33(2)27-13-6-4-11-25(22)27/h3-14,18-19H,15-17H2,1-2H3,(H,30,34)(H,31,35). The monoisotopic (exact) mass is 464 g/mol. The van der Waals surface area contributed by atoms with Gasteiger partial charge in [0.1, 0.15) is 0 Å². The average molecular weight is 465 g/mol. The molecule has 176 valence electrons. The minimum atomic E-state index is -0.0708. The number of carbonyl (C=O) groups excluding carboxylic acids is 2. The van der Waals surface area contributed by atoms with Crippen molar-refractivity contribution in [1.82, 2.24) is 14.5 Å². The number of para-hydroxylation sites is 2. The van der Waals surface area contributed by atoms with Crippen molar-refractivity contribution in [3.63, 3.8) is 0 Å². The molecule has 0 aliphatic heterocycles. The zero-order valence-electron chi connectivity index (χ0n) is 19.9. The van der Waals surface area contributed by atoms with Gasteiger partial charge in [-0.25, -0.2) is 0 Å². The number of aromatic nitrogens is 2. The Bertz CT molecular complexity index is 1540. The quantitative estimate of drug-likeness (QED) is 0.366. The molecule has 5 rings (SSSR count). The van der Waals surface area contributed by atoms with Crippen LogP contribution in [0, 0.1) is 0 Å². The van der Waals surface area contributed by atoms with Gasteiger partial charge in [0.2, 0.25) is 11.8 Å². The number of carbonyl (C=O) groups is 2. The molecule has 0 saturated carbocycles. The summed E-state index contributed by atoms with van der Waals surface area (Å²) in [6.45, 7) is 0.399. The highest BCUT2D eigenvalue weighted by atomic mass is 16.2. The molecule has 0 atom stereocenters. The molecule has 0 saturated heterocycles. The molecular formula is C29H28N4O2. The fourth-order valence-electron chi connectivity index (χ4n) is 4.71. The van der Waals surface area contributed by atoms with Crippen LogP contribution in [0.5, 0.6) is 0 Å². The van der Waals surface area contributed by atoms with Crippen molar-refractivity contribution >= 4 is 39.3 Å². The SMILES string of the molecule is Cn1cc(CC(=O)NCc2cccc(NC(=O)Cc3cn(C)c4ccccc34)c2)c2ccccc21. The molecule has 0 unspecified atom stereocenters. The number of fused-ring (bicyclic) bond motifs is 2. The van der Waals surface area contributed by atoms with Gasteiger partial charge in [0.05, 0.1) is 12.8 Å². The Kier molecular flexibility index (Phi) is 6.10. The molecular weight excluding hydrogens is 436 g/mol. The van der Waals surface area contributed by atoms with E-state index in [-0.39, 0.29) is 11.8 Å². The third-order valence-corrected chi connectivity index (χ3v) is 6.36. The summed E-state index contributed by atoms with van der Waals surface area (Å²) in [5.41, 5.74) is 5.88. The number of nitrogens with one attached hydrogen (secondary N) is 2. The zero-order valence-corrected chi connectivity index (χ0v) is 19.9. The van der Waals surface area contributed by atoms with Crippen molar-refractivity contribution < 1.29 is 9.59 Å². The van der Waals surface area contributed by atoms with E-state index < -0.39 is 0 Å². The molecule has 35 heavy (non-hydrogen) atoms. The highest BCUT2D eigenvalue weighted by molar-refractivity contribution is 5.96. The molecule has 0 bridgehead atoms. The van der Waals surface area contributed by atoms with E-state index in [0.29, 0.717) is 19.4 Å². The van der Waals surface area contributed by atoms with E-state index in [9.17, 15) is 9.59 Å². The van der Waals surface area contributed by atoms with E-state index in [4.69, 9.17) is 0 Å². The Balaban J connectivity index is 1.19. The Hall–Kier alpha value is -4.32. The van der Waals surface area contributed by atoms with E-state index in [0.717, 1.165) is 44.2 Å². The summed E-state index contributed by atoms with van der Waals surface area (Å²) in [7, 11) is 3.98. The maximum Gasteiger partial charge on any atom is 0.228 e. The van der Waals surface area contributed by atoms with Crippen LogP contribution in [-0.4, -0.2) is 20.9 Å². The molecule has 0 radical (unpaired) electrons. The largest absolute Gasteiger partial charge is 0.352 e. The number of aryl methyl sites for hydroxylation is 2. The van der Waals surface area contributed by atoms with Gasteiger partial charge < -0.3 is 19.8 Å². The minimum absolute atomic E-state index is 0.0354. The Morgan fingerprint density at radius 2 is 1.29 bits per heavy atom. The van der Waals surface area contributed by atoms with E-state index in [1.807, 2.05) is 96.3 Å². The lowest BCUT2D eigenvalue weighted by Crippen LogP contribution is -2.24. The number of amides is 2. The van der Waals surface area contributed by atoms with Gasteiger partial charge in [-0.1, -0.05) is 48.5 Å². The third kappa shape index (κ3) is 4.82. The first kappa shape index (κ1) is 22.5. The van der Waals surface area contributed by atoms with Gasteiger partial charge in [0.15, 0.2) is 0 Å². The molecule has 5 aromatic rings. The molecule has 0 aliphatic rings. The topological polar surface area (TPSA) is 68.1 Å². The van der Waals surface area contributed by atoms with Crippen LogP contribution in [0.4, 0.5) is 5.69 Å². The maximum atomic E-state index is 12.7. The minimum Gasteiger partial charge on any atom is -0.352 e. The second kappa shape index (κ2) is 9.50. The predicted octanol–water partition coefficient (Wildman–Crippen LogP) is 4.71. The smallest absolute Gasteiger partial charge is 0.228 e. The Labute approximate surface area is 204 Å². The highest BCUT2D eigenvalue weighted by Gasteiger charge is 2.12. The van der Waals surface area contributed by atoms with Crippen molar-refractivity contribution in [2.45, 2.75) is 19.4 Å². The molecule has 0 fully saturated rings. The van der Waals surface area contributed by atoms with Crippen LogP contribution in [0.15, 0.2) is 85.2 Å². The van der Waals surface area contributed by atoms with Crippen molar-refractivity contribution in [3.8, 4) is 0 Å². The number of rotatable bonds is 7. The molecule has 6 nitrogen and oxygen atoms in total. The fourth-order valence-corrected chi connectivity index (χ4v) is 4.71. The van der Waals surface area contributed by atoms with Gasteiger partial charge in [-0.15, -0.1) is 0 Å². The fraction of sp³-hybridized carbons (Fsp3) is 0.172. The van der Waals surface area contributed by atoms with Crippen LogP contribution < -0.4 is 10.6 Å². The van der Waals surface area contributed by atoms with Crippen molar-refractivity contribution in [3.05, 3.63) is 102 Å². The second-order valence-electron chi connectivity index (χ2n) is 8.94. The number of hydrogen-bond acceptors (Lipinski definition) is 2. The Morgan fingerprint density at radius 3 is 1.91 bits per heavy atom. The van der Waals surface area contributed by atoms with E-state index >= 15 is 0 Å². The molecule has 0 aliphatic carbocycles. The first-order chi connectivity index (χ1) is 17.0. The lowest BCUT2D eigenvalue weighted by molar-refractivity contribution is -0.120. The first-order valence-corrected chi connectivity index (χ1v) is 11.7. The van der Waals surface area contributed by atoms with Gasteiger partial charge in [-0.05, 0) is 41.0 Å². The second-order valence-corrected chi connectivity index (χ2v) is 8.94. The van der Waals surface area contributed by atoms with Crippen molar-refractivity contribution in [1.29, 1.82) is 0 Å². The third-order valence-electron chi connectivity index (χ3n) is 6.36. The van der Waals surface area contributed by atoms with Gasteiger partial charge in [0.25, 0.3) is 0 Å². The van der Waals surface area contributed by atoms with Crippen LogP contribution in [0.3, 0.4) is 0 Å². The zero-order chi connectivity index (χ0) is 24.4. The summed E-state index contributed by atoms with van der Waals surface area (Å²) in [5, 5.41) is 8.18. The van der Waals surface area contributed by atoms with Crippen LogP contribution in [-0.2, 0) is 43.1 Å². The maximum absolute atomic E-state index is 12.7. The van der Waals surface area contributed by atoms with Gasteiger partial charge >= 0.3 is 0 Å². The van der Waals surface area contributed by atoms with E-state index in [1.165, 1.54) is 0 Å². The van der Waals surface area contributed by atoms with Crippen LogP contribution in [0.1, 0.15) is 16.7 Å². The van der Waals surface area contributed by atoms with Gasteiger partial charge in [-0.2, -0.15) is 0 Å². The number of nitrogens with zero attached hydrogens (tertiary/aromatic N) is 2. The van der Waals surface area contributed by atoms with E-state index in [1.54, 1.807) is 0 Å². The molecule has 2 N–H and O–H groups in total. The van der Waals surface area contributed by atoms with Crippen LogP contribution >= 0.6 is 0 Å².